The smallest absolute Gasteiger partial charge is 0.119 e. The van der Waals surface area contributed by atoms with Gasteiger partial charge in [0.05, 0.1) is 11.6 Å². The van der Waals surface area contributed by atoms with Crippen LogP contribution in [0.4, 0.5) is 0 Å². The zero-order chi connectivity index (χ0) is 10.4. The summed E-state index contributed by atoms with van der Waals surface area (Å²) in [6.07, 6.45) is 7.60. The van der Waals surface area contributed by atoms with Crippen LogP contribution >= 0.6 is 22.9 Å². The van der Waals surface area contributed by atoms with Crippen LogP contribution in [0.1, 0.15) is 25.1 Å². The summed E-state index contributed by atoms with van der Waals surface area (Å²) in [5.41, 5.74) is 2.08. The molecule has 1 aromatic heterocycles. The summed E-state index contributed by atoms with van der Waals surface area (Å²) in [4.78, 5) is 4.37. The molecule has 0 aromatic carbocycles. The third-order valence-corrected chi connectivity index (χ3v) is 2.92. The maximum atomic E-state index is 5.67. The zero-order valence-corrected chi connectivity index (χ0v) is 9.61. The van der Waals surface area contributed by atoms with Gasteiger partial charge in [0.25, 0.3) is 0 Å². The number of hydrogen-bond donors (Lipinski definition) is 0. The average molecular weight is 242 g/mol. The molecule has 1 aromatic rings. The second-order valence-corrected chi connectivity index (χ2v) is 3.87. The van der Waals surface area contributed by atoms with Gasteiger partial charge in [0.2, 0.25) is 0 Å². The summed E-state index contributed by atoms with van der Waals surface area (Å²) >= 11 is 7.29. The summed E-state index contributed by atoms with van der Waals surface area (Å²) in [5.74, 6) is 0.478. The fraction of sp³-hybridized carbons (Fsp3) is 0.250. The van der Waals surface area contributed by atoms with Crippen LogP contribution in [0.3, 0.4) is 0 Å². The molecule has 0 aliphatic carbocycles. The fourth-order valence-corrected chi connectivity index (χ4v) is 1.94. The molecule has 0 saturated heterocycles. The molecule has 0 bridgehead atoms. The molecule has 0 unspecified atom stereocenters. The molecule has 1 nitrogen and oxygen atoms in total. The lowest BCUT2D eigenvalue weighted by molar-refractivity contribution is 1.20. The van der Waals surface area contributed by atoms with Crippen molar-refractivity contribution in [2.75, 3.05) is 0 Å². The van der Waals surface area contributed by atoms with Gasteiger partial charge in [-0.25, -0.2) is 4.98 Å². The van der Waals surface area contributed by atoms with Crippen LogP contribution in [0.2, 0.25) is 0 Å². The van der Waals surface area contributed by atoms with Crippen molar-refractivity contribution >= 4 is 28.5 Å². The van der Waals surface area contributed by atoms with E-state index < -0.39 is 0 Å². The minimum Gasteiger partial charge on any atom is -0.240 e. The number of aromatic nitrogens is 1. The van der Waals surface area contributed by atoms with Crippen LogP contribution in [0, 0.1) is 0 Å². The van der Waals surface area contributed by atoms with E-state index in [9.17, 15) is 0 Å². The van der Waals surface area contributed by atoms with Gasteiger partial charge in [-0.1, -0.05) is 38.3 Å². The number of thiazole rings is 1. The SMILES string of the molecule is C.C=C/C=C\C=C(/C)c1nc(CCl)cs1. The molecule has 0 amide bonds. The third kappa shape index (κ3) is 4.45. The molecule has 3 heteroatoms. The highest BCUT2D eigenvalue weighted by molar-refractivity contribution is 7.10. The maximum absolute atomic E-state index is 5.67. The summed E-state index contributed by atoms with van der Waals surface area (Å²) < 4.78 is 0. The topological polar surface area (TPSA) is 12.9 Å². The minimum atomic E-state index is 0. The molecule has 0 aliphatic rings. The zero-order valence-electron chi connectivity index (χ0n) is 8.03. The van der Waals surface area contributed by atoms with E-state index in [-0.39, 0.29) is 7.43 Å². The number of allylic oxidation sites excluding steroid dienone is 5. The molecular weight excluding hydrogens is 226 g/mol. The Morgan fingerprint density at radius 3 is 2.87 bits per heavy atom. The van der Waals surface area contributed by atoms with Gasteiger partial charge in [-0.2, -0.15) is 0 Å². The van der Waals surface area contributed by atoms with E-state index >= 15 is 0 Å². The molecule has 82 valence electrons. The molecular formula is C12H16ClNS. The van der Waals surface area contributed by atoms with Crippen molar-refractivity contribution in [1.82, 2.24) is 4.98 Å². The summed E-state index contributed by atoms with van der Waals surface area (Å²) in [7, 11) is 0. The van der Waals surface area contributed by atoms with E-state index in [4.69, 9.17) is 11.6 Å². The van der Waals surface area contributed by atoms with Crippen molar-refractivity contribution in [2.24, 2.45) is 0 Å². The van der Waals surface area contributed by atoms with Gasteiger partial charge >= 0.3 is 0 Å². The number of hydrogen-bond acceptors (Lipinski definition) is 2. The fourth-order valence-electron chi connectivity index (χ4n) is 0.899. The first kappa shape index (κ1) is 14.1. The Bertz CT molecular complexity index is 363. The first-order valence-electron chi connectivity index (χ1n) is 4.24. The molecule has 0 radical (unpaired) electrons. The largest absolute Gasteiger partial charge is 0.240 e. The Morgan fingerprint density at radius 1 is 1.60 bits per heavy atom. The summed E-state index contributed by atoms with van der Waals surface area (Å²) in [6, 6.07) is 0. The summed E-state index contributed by atoms with van der Waals surface area (Å²) in [5, 5.41) is 3.01. The van der Waals surface area contributed by atoms with Crippen LogP contribution in [-0.2, 0) is 5.88 Å². The number of nitrogens with zero attached hydrogens (tertiary/aromatic N) is 1. The van der Waals surface area contributed by atoms with Crippen LogP contribution in [0.25, 0.3) is 5.57 Å². The minimum absolute atomic E-state index is 0. The van der Waals surface area contributed by atoms with Crippen LogP contribution in [0.5, 0.6) is 0 Å². The summed E-state index contributed by atoms with van der Waals surface area (Å²) in [6.45, 7) is 5.63. The predicted molar refractivity (Wildman–Crippen MR) is 71.4 cm³/mol. The normalized spacial score (nSPS) is 11.5. The van der Waals surface area contributed by atoms with Gasteiger partial charge in [0.1, 0.15) is 5.01 Å². The molecule has 0 N–H and O–H groups in total. The van der Waals surface area contributed by atoms with E-state index in [1.54, 1.807) is 17.4 Å². The lowest BCUT2D eigenvalue weighted by atomic mass is 10.3. The number of halogens is 1. The van der Waals surface area contributed by atoms with Gasteiger partial charge in [0.15, 0.2) is 0 Å². The van der Waals surface area contributed by atoms with Gasteiger partial charge < -0.3 is 0 Å². The van der Waals surface area contributed by atoms with Crippen molar-refractivity contribution in [3.05, 3.63) is 47.0 Å². The van der Waals surface area contributed by atoms with Crippen molar-refractivity contribution < 1.29 is 0 Å². The molecule has 0 aliphatic heterocycles. The van der Waals surface area contributed by atoms with Crippen molar-refractivity contribution in [3.63, 3.8) is 0 Å². The van der Waals surface area contributed by atoms with E-state index in [2.05, 4.69) is 11.6 Å². The van der Waals surface area contributed by atoms with Gasteiger partial charge in [-0.15, -0.1) is 22.9 Å². The van der Waals surface area contributed by atoms with Crippen molar-refractivity contribution in [2.45, 2.75) is 20.2 Å². The average Bonchev–Trinajstić information content (AvgIpc) is 2.66. The third-order valence-electron chi connectivity index (χ3n) is 1.62. The Balaban J connectivity index is 0.00000196. The van der Waals surface area contributed by atoms with Crippen LogP contribution in [-0.4, -0.2) is 4.98 Å². The molecule has 1 rings (SSSR count). The first-order chi connectivity index (χ1) is 6.77. The standard InChI is InChI=1S/C11H12ClNS.CH4/c1-3-4-5-6-9(2)11-13-10(7-12)8-14-11;/h3-6,8H,1,7H2,2H3;1H4/b5-4-,9-6+;. The Kier molecular flexibility index (Phi) is 7.01. The monoisotopic (exact) mass is 241 g/mol. The molecule has 0 fully saturated rings. The maximum Gasteiger partial charge on any atom is 0.119 e. The van der Waals surface area contributed by atoms with E-state index in [0.29, 0.717) is 5.88 Å². The lowest BCUT2D eigenvalue weighted by Gasteiger charge is -1.91. The highest BCUT2D eigenvalue weighted by Gasteiger charge is 2.01. The lowest BCUT2D eigenvalue weighted by Crippen LogP contribution is -1.80. The Labute approximate surface area is 101 Å². The molecule has 15 heavy (non-hydrogen) atoms. The molecule has 0 saturated carbocycles. The number of alkyl halides is 1. The molecule has 0 atom stereocenters. The highest BCUT2D eigenvalue weighted by atomic mass is 35.5. The van der Waals surface area contributed by atoms with Crippen molar-refractivity contribution in [1.29, 1.82) is 0 Å². The van der Waals surface area contributed by atoms with Gasteiger partial charge in [-0.3, -0.25) is 0 Å². The second-order valence-electron chi connectivity index (χ2n) is 2.75. The van der Waals surface area contributed by atoms with E-state index in [1.165, 1.54) is 0 Å². The molecule has 1 heterocycles. The van der Waals surface area contributed by atoms with Gasteiger partial charge in [0, 0.05) is 5.38 Å². The first-order valence-corrected chi connectivity index (χ1v) is 5.66. The van der Waals surface area contributed by atoms with Gasteiger partial charge in [-0.05, 0) is 12.5 Å². The Morgan fingerprint density at radius 2 is 2.33 bits per heavy atom. The predicted octanol–water partition coefficient (Wildman–Crippen LogP) is 4.66. The van der Waals surface area contributed by atoms with Crippen LogP contribution in [0.15, 0.2) is 36.3 Å². The van der Waals surface area contributed by atoms with E-state index in [1.807, 2.05) is 30.5 Å². The molecule has 0 spiro atoms. The Hall–Kier alpha value is -0.860. The van der Waals surface area contributed by atoms with Crippen LogP contribution < -0.4 is 0 Å². The highest BCUT2D eigenvalue weighted by Crippen LogP contribution is 2.19. The van der Waals surface area contributed by atoms with E-state index in [0.717, 1.165) is 16.3 Å². The quantitative estimate of drug-likeness (QED) is 0.552. The number of rotatable bonds is 4. The second kappa shape index (κ2) is 7.43. The van der Waals surface area contributed by atoms with Crippen molar-refractivity contribution in [3.8, 4) is 0 Å².